The fourth-order valence-corrected chi connectivity index (χ4v) is 1.42. The molecule has 0 unspecified atom stereocenters. The molecular weight excluding hydrogens is 150 g/mol. The quantitative estimate of drug-likeness (QED) is 0.653. The number of nitrogen functional groups attached to an aromatic ring is 1. The number of anilines is 1. The van der Waals surface area contributed by atoms with Gasteiger partial charge in [0.15, 0.2) is 0 Å². The third-order valence-corrected chi connectivity index (χ3v) is 2.11. The van der Waals surface area contributed by atoms with Crippen molar-refractivity contribution in [3.8, 4) is 0 Å². The summed E-state index contributed by atoms with van der Waals surface area (Å²) in [6.45, 7) is 2.10. The molecule has 1 aromatic heterocycles. The largest absolute Gasteiger partial charge is 0.464 e. The highest BCUT2D eigenvalue weighted by Crippen LogP contribution is 2.25. The van der Waals surface area contributed by atoms with Crippen LogP contribution in [0.1, 0.15) is 12.5 Å². The summed E-state index contributed by atoms with van der Waals surface area (Å²) < 4.78 is 5.34. The average Bonchev–Trinajstić information content (AvgIpc) is 2.54. The van der Waals surface area contributed by atoms with Crippen molar-refractivity contribution in [2.45, 2.75) is 13.3 Å². The zero-order chi connectivity index (χ0) is 8.55. The van der Waals surface area contributed by atoms with Gasteiger partial charge in [-0.1, -0.05) is 13.0 Å². The summed E-state index contributed by atoms with van der Waals surface area (Å²) in [5.74, 6) is 0. The summed E-state index contributed by atoms with van der Waals surface area (Å²) in [4.78, 5) is 0. The van der Waals surface area contributed by atoms with Gasteiger partial charge in [-0.15, -0.1) is 0 Å². The summed E-state index contributed by atoms with van der Waals surface area (Å²) in [7, 11) is 0. The zero-order valence-electron chi connectivity index (χ0n) is 7.00. The Hall–Kier alpha value is -1.44. The fraction of sp³-hybridized carbons (Fsp3) is 0.200. The molecule has 0 aliphatic heterocycles. The van der Waals surface area contributed by atoms with E-state index in [2.05, 4.69) is 6.92 Å². The van der Waals surface area contributed by atoms with Gasteiger partial charge in [0.25, 0.3) is 0 Å². The molecular formula is C10H11NO. The highest BCUT2D eigenvalue weighted by atomic mass is 16.3. The Kier molecular flexibility index (Phi) is 1.54. The lowest BCUT2D eigenvalue weighted by Gasteiger charge is -1.99. The molecule has 2 N–H and O–H groups in total. The van der Waals surface area contributed by atoms with Gasteiger partial charge in [-0.3, -0.25) is 0 Å². The topological polar surface area (TPSA) is 39.2 Å². The van der Waals surface area contributed by atoms with Crippen LogP contribution in [0.25, 0.3) is 11.0 Å². The average molecular weight is 161 g/mol. The van der Waals surface area contributed by atoms with Crippen LogP contribution < -0.4 is 5.73 Å². The van der Waals surface area contributed by atoms with Crippen LogP contribution in [0.3, 0.4) is 0 Å². The highest BCUT2D eigenvalue weighted by molar-refractivity contribution is 5.91. The molecule has 0 spiro atoms. The number of fused-ring (bicyclic) bond motifs is 1. The van der Waals surface area contributed by atoms with Crippen molar-refractivity contribution in [3.63, 3.8) is 0 Å². The molecule has 0 aliphatic rings. The van der Waals surface area contributed by atoms with Crippen molar-refractivity contribution >= 4 is 16.7 Å². The first-order valence-electron chi connectivity index (χ1n) is 4.07. The Balaban J connectivity index is 2.82. The van der Waals surface area contributed by atoms with Gasteiger partial charge in [-0.25, -0.2) is 0 Å². The molecule has 0 saturated heterocycles. The summed E-state index contributed by atoms with van der Waals surface area (Å²) in [5.41, 5.74) is 8.69. The van der Waals surface area contributed by atoms with E-state index in [0.717, 1.165) is 23.1 Å². The predicted molar refractivity (Wildman–Crippen MR) is 50.0 cm³/mol. The third kappa shape index (κ3) is 0.881. The van der Waals surface area contributed by atoms with Crippen LogP contribution >= 0.6 is 0 Å². The Morgan fingerprint density at radius 3 is 2.92 bits per heavy atom. The standard InChI is InChI=1S/C10H11NO/c1-2-7-3-4-9(11)8-5-6-12-10(7)8/h3-6H,2,11H2,1H3. The van der Waals surface area contributed by atoms with E-state index in [4.69, 9.17) is 10.2 Å². The van der Waals surface area contributed by atoms with Crippen LogP contribution in [0.15, 0.2) is 28.9 Å². The second-order valence-electron chi connectivity index (χ2n) is 2.83. The number of hydrogen-bond acceptors (Lipinski definition) is 2. The maximum atomic E-state index is 5.76. The molecule has 0 radical (unpaired) electrons. The molecule has 0 aliphatic carbocycles. The second-order valence-corrected chi connectivity index (χ2v) is 2.83. The van der Waals surface area contributed by atoms with Gasteiger partial charge in [0, 0.05) is 11.1 Å². The summed E-state index contributed by atoms with van der Waals surface area (Å²) in [6, 6.07) is 5.85. The van der Waals surface area contributed by atoms with E-state index < -0.39 is 0 Å². The lowest BCUT2D eigenvalue weighted by molar-refractivity contribution is 0.611. The molecule has 12 heavy (non-hydrogen) atoms. The maximum Gasteiger partial charge on any atom is 0.139 e. The first-order valence-corrected chi connectivity index (χ1v) is 4.07. The van der Waals surface area contributed by atoms with Gasteiger partial charge in [0.1, 0.15) is 5.58 Å². The van der Waals surface area contributed by atoms with E-state index in [1.54, 1.807) is 6.26 Å². The van der Waals surface area contributed by atoms with E-state index in [1.165, 1.54) is 5.56 Å². The molecule has 0 bridgehead atoms. The van der Waals surface area contributed by atoms with Crippen molar-refractivity contribution in [3.05, 3.63) is 30.0 Å². The molecule has 2 heteroatoms. The van der Waals surface area contributed by atoms with E-state index >= 15 is 0 Å². The molecule has 2 nitrogen and oxygen atoms in total. The lowest BCUT2D eigenvalue weighted by atomic mass is 10.1. The van der Waals surface area contributed by atoms with Gasteiger partial charge in [-0.2, -0.15) is 0 Å². The number of aryl methyl sites for hydroxylation is 1. The van der Waals surface area contributed by atoms with Gasteiger partial charge in [-0.05, 0) is 24.1 Å². The van der Waals surface area contributed by atoms with Gasteiger partial charge in [0.2, 0.25) is 0 Å². The molecule has 0 fully saturated rings. The van der Waals surface area contributed by atoms with Crippen molar-refractivity contribution in [1.82, 2.24) is 0 Å². The minimum Gasteiger partial charge on any atom is -0.464 e. The van der Waals surface area contributed by atoms with Crippen molar-refractivity contribution in [1.29, 1.82) is 0 Å². The van der Waals surface area contributed by atoms with Gasteiger partial charge >= 0.3 is 0 Å². The molecule has 0 saturated carbocycles. The summed E-state index contributed by atoms with van der Waals surface area (Å²) in [6.07, 6.45) is 2.66. The van der Waals surface area contributed by atoms with Crippen LogP contribution in [0.2, 0.25) is 0 Å². The highest BCUT2D eigenvalue weighted by Gasteiger charge is 2.04. The Morgan fingerprint density at radius 1 is 1.33 bits per heavy atom. The number of rotatable bonds is 1. The molecule has 0 atom stereocenters. The normalized spacial score (nSPS) is 10.8. The third-order valence-electron chi connectivity index (χ3n) is 2.11. The molecule has 2 aromatic rings. The van der Waals surface area contributed by atoms with Crippen molar-refractivity contribution < 1.29 is 4.42 Å². The number of furan rings is 1. The van der Waals surface area contributed by atoms with Gasteiger partial charge in [0.05, 0.1) is 6.26 Å². The molecule has 2 rings (SSSR count). The SMILES string of the molecule is CCc1ccc(N)c2ccoc12. The van der Waals surface area contributed by atoms with Crippen molar-refractivity contribution in [2.24, 2.45) is 0 Å². The minimum absolute atomic E-state index is 0.788. The lowest BCUT2D eigenvalue weighted by Crippen LogP contribution is -1.87. The van der Waals surface area contributed by atoms with Crippen LogP contribution in [-0.4, -0.2) is 0 Å². The number of nitrogens with two attached hydrogens (primary N) is 1. The first kappa shape index (κ1) is 7.22. The van der Waals surface area contributed by atoms with E-state index in [9.17, 15) is 0 Å². The van der Waals surface area contributed by atoms with Crippen LogP contribution in [0, 0.1) is 0 Å². The second kappa shape index (κ2) is 2.55. The van der Waals surface area contributed by atoms with E-state index in [-0.39, 0.29) is 0 Å². The molecule has 62 valence electrons. The minimum atomic E-state index is 0.788. The Bertz CT molecular complexity index is 403. The Morgan fingerprint density at radius 2 is 2.17 bits per heavy atom. The van der Waals surface area contributed by atoms with Crippen LogP contribution in [-0.2, 0) is 6.42 Å². The molecule has 0 amide bonds. The smallest absolute Gasteiger partial charge is 0.139 e. The fourth-order valence-electron chi connectivity index (χ4n) is 1.42. The predicted octanol–water partition coefficient (Wildman–Crippen LogP) is 2.58. The molecule has 1 aromatic carbocycles. The number of hydrogen-bond donors (Lipinski definition) is 1. The summed E-state index contributed by atoms with van der Waals surface area (Å²) in [5, 5.41) is 1.02. The summed E-state index contributed by atoms with van der Waals surface area (Å²) >= 11 is 0. The van der Waals surface area contributed by atoms with E-state index in [0.29, 0.717) is 0 Å². The van der Waals surface area contributed by atoms with Crippen LogP contribution in [0.4, 0.5) is 5.69 Å². The maximum absolute atomic E-state index is 5.76. The zero-order valence-corrected chi connectivity index (χ0v) is 7.00. The van der Waals surface area contributed by atoms with E-state index in [1.807, 2.05) is 18.2 Å². The number of benzene rings is 1. The van der Waals surface area contributed by atoms with Crippen LogP contribution in [0.5, 0.6) is 0 Å². The van der Waals surface area contributed by atoms with Crippen molar-refractivity contribution in [2.75, 3.05) is 5.73 Å². The molecule has 1 heterocycles. The Labute approximate surface area is 71.0 Å². The first-order chi connectivity index (χ1) is 5.83. The van der Waals surface area contributed by atoms with Gasteiger partial charge < -0.3 is 10.2 Å². The monoisotopic (exact) mass is 161 g/mol.